The lowest BCUT2D eigenvalue weighted by atomic mass is 9.76. The third-order valence-corrected chi connectivity index (χ3v) is 4.75. The first kappa shape index (κ1) is 13.8. The highest BCUT2D eigenvalue weighted by molar-refractivity contribution is 9.10. The maximum absolute atomic E-state index is 4.35. The summed E-state index contributed by atoms with van der Waals surface area (Å²) in [7, 11) is 0. The van der Waals surface area contributed by atoms with E-state index in [1.165, 1.54) is 28.6 Å². The second kappa shape index (κ2) is 6.51. The number of benzene rings is 1. The normalized spacial score (nSPS) is 21.4. The molecule has 2 aromatic rings. The average Bonchev–Trinajstić information content (AvgIpc) is 2.44. The zero-order valence-corrected chi connectivity index (χ0v) is 13.0. The summed E-state index contributed by atoms with van der Waals surface area (Å²) in [6.45, 7) is 1.02. The summed E-state index contributed by atoms with van der Waals surface area (Å²) in [5.74, 6) is 0.706. The number of hydrogen-bond acceptors (Lipinski definition) is 2. The second-order valence-corrected chi connectivity index (χ2v) is 6.27. The van der Waals surface area contributed by atoms with Crippen LogP contribution in [0, 0.1) is 0 Å². The lowest BCUT2D eigenvalue weighted by molar-refractivity contribution is 0.292. The Morgan fingerprint density at radius 3 is 2.65 bits per heavy atom. The molecule has 1 N–H and O–H groups in total. The molecule has 1 fully saturated rings. The molecule has 0 atom stereocenters. The van der Waals surface area contributed by atoms with Crippen molar-refractivity contribution in [3.8, 4) is 0 Å². The molecule has 0 aliphatic heterocycles. The Kier molecular flexibility index (Phi) is 4.48. The van der Waals surface area contributed by atoms with Crippen LogP contribution in [0.5, 0.6) is 0 Å². The van der Waals surface area contributed by atoms with Crippen molar-refractivity contribution < 1.29 is 0 Å². The van der Waals surface area contributed by atoms with Crippen LogP contribution in [0.25, 0.3) is 0 Å². The van der Waals surface area contributed by atoms with Gasteiger partial charge in [0.1, 0.15) is 0 Å². The first-order valence-corrected chi connectivity index (χ1v) is 8.00. The van der Waals surface area contributed by atoms with Crippen molar-refractivity contribution in [1.29, 1.82) is 0 Å². The minimum atomic E-state index is 0.663. The van der Waals surface area contributed by atoms with Crippen molar-refractivity contribution in [2.45, 2.75) is 31.2 Å². The van der Waals surface area contributed by atoms with Gasteiger partial charge in [-0.15, -0.1) is 0 Å². The van der Waals surface area contributed by atoms with E-state index in [1.807, 2.05) is 12.3 Å². The first-order valence-electron chi connectivity index (χ1n) is 7.20. The van der Waals surface area contributed by atoms with E-state index in [0.29, 0.717) is 12.0 Å². The minimum absolute atomic E-state index is 0.663. The average molecular weight is 331 g/mol. The molecule has 0 amide bonds. The SMILES string of the molecule is Brc1ccccc1C1CC(NCCc2ccccn2)C1. The van der Waals surface area contributed by atoms with Gasteiger partial charge in [0, 0.05) is 35.4 Å². The van der Waals surface area contributed by atoms with Crippen LogP contribution in [0.3, 0.4) is 0 Å². The number of hydrogen-bond donors (Lipinski definition) is 1. The minimum Gasteiger partial charge on any atom is -0.314 e. The zero-order chi connectivity index (χ0) is 13.8. The molecular weight excluding hydrogens is 312 g/mol. The topological polar surface area (TPSA) is 24.9 Å². The van der Waals surface area contributed by atoms with Crippen LogP contribution >= 0.6 is 15.9 Å². The second-order valence-electron chi connectivity index (χ2n) is 5.41. The van der Waals surface area contributed by atoms with Gasteiger partial charge in [-0.05, 0) is 42.5 Å². The van der Waals surface area contributed by atoms with E-state index in [0.717, 1.165) is 13.0 Å². The standard InChI is InChI=1S/C17H19BrN2/c18-17-7-2-1-6-16(17)13-11-15(12-13)20-10-8-14-5-3-4-9-19-14/h1-7,9,13,15,20H,8,10-12H2. The van der Waals surface area contributed by atoms with Gasteiger partial charge in [0.25, 0.3) is 0 Å². The Hall–Kier alpha value is -1.19. The fraction of sp³-hybridized carbons (Fsp3) is 0.353. The Balaban J connectivity index is 1.42. The van der Waals surface area contributed by atoms with Crippen LogP contribution in [0.15, 0.2) is 53.1 Å². The molecule has 0 radical (unpaired) electrons. The highest BCUT2D eigenvalue weighted by atomic mass is 79.9. The van der Waals surface area contributed by atoms with E-state index in [1.54, 1.807) is 0 Å². The maximum atomic E-state index is 4.35. The number of nitrogens with one attached hydrogen (secondary N) is 1. The predicted molar refractivity (Wildman–Crippen MR) is 85.8 cm³/mol. The van der Waals surface area contributed by atoms with E-state index in [9.17, 15) is 0 Å². The van der Waals surface area contributed by atoms with Crippen LogP contribution in [0.1, 0.15) is 30.0 Å². The molecular formula is C17H19BrN2. The summed E-state index contributed by atoms with van der Waals surface area (Å²) in [6, 6.07) is 15.3. The van der Waals surface area contributed by atoms with Gasteiger partial charge in [-0.2, -0.15) is 0 Å². The molecule has 1 saturated carbocycles. The molecule has 1 aromatic heterocycles. The fourth-order valence-electron chi connectivity index (χ4n) is 2.80. The van der Waals surface area contributed by atoms with Gasteiger partial charge in [-0.25, -0.2) is 0 Å². The van der Waals surface area contributed by atoms with Crippen LogP contribution in [-0.4, -0.2) is 17.6 Å². The van der Waals surface area contributed by atoms with Crippen molar-refractivity contribution in [3.05, 3.63) is 64.4 Å². The van der Waals surface area contributed by atoms with E-state index < -0.39 is 0 Å². The smallest absolute Gasteiger partial charge is 0.0416 e. The lowest BCUT2D eigenvalue weighted by Gasteiger charge is -2.37. The van der Waals surface area contributed by atoms with Gasteiger partial charge >= 0.3 is 0 Å². The van der Waals surface area contributed by atoms with Gasteiger partial charge < -0.3 is 5.32 Å². The summed E-state index contributed by atoms with van der Waals surface area (Å²) >= 11 is 3.65. The molecule has 20 heavy (non-hydrogen) atoms. The molecule has 0 spiro atoms. The highest BCUT2D eigenvalue weighted by Crippen LogP contribution is 2.39. The lowest BCUT2D eigenvalue weighted by Crippen LogP contribution is -2.41. The zero-order valence-electron chi connectivity index (χ0n) is 11.4. The molecule has 0 saturated heterocycles. The van der Waals surface area contributed by atoms with Gasteiger partial charge in [-0.3, -0.25) is 4.98 Å². The first-order chi connectivity index (χ1) is 9.83. The predicted octanol–water partition coefficient (Wildman–Crippen LogP) is 3.92. The number of nitrogens with zero attached hydrogens (tertiary/aromatic N) is 1. The van der Waals surface area contributed by atoms with E-state index in [2.05, 4.69) is 62.6 Å². The quantitative estimate of drug-likeness (QED) is 0.898. The van der Waals surface area contributed by atoms with E-state index in [4.69, 9.17) is 0 Å². The summed E-state index contributed by atoms with van der Waals surface area (Å²) in [5.41, 5.74) is 2.62. The largest absolute Gasteiger partial charge is 0.314 e. The molecule has 0 unspecified atom stereocenters. The van der Waals surface area contributed by atoms with E-state index in [-0.39, 0.29) is 0 Å². The molecule has 1 aromatic carbocycles. The van der Waals surface area contributed by atoms with Gasteiger partial charge in [0.2, 0.25) is 0 Å². The fourth-order valence-corrected chi connectivity index (χ4v) is 3.40. The summed E-state index contributed by atoms with van der Waals surface area (Å²) in [4.78, 5) is 4.35. The van der Waals surface area contributed by atoms with Gasteiger partial charge in [0.05, 0.1) is 0 Å². The van der Waals surface area contributed by atoms with Gasteiger partial charge in [-0.1, -0.05) is 40.2 Å². The van der Waals surface area contributed by atoms with Crippen LogP contribution in [-0.2, 0) is 6.42 Å². The Bertz CT molecular complexity index is 550. The molecule has 1 heterocycles. The molecule has 3 rings (SSSR count). The maximum Gasteiger partial charge on any atom is 0.0416 e. The van der Waals surface area contributed by atoms with Crippen LogP contribution in [0.2, 0.25) is 0 Å². The number of pyridine rings is 1. The summed E-state index contributed by atoms with van der Waals surface area (Å²) in [6.07, 6.45) is 5.36. The molecule has 104 valence electrons. The molecule has 1 aliphatic rings. The molecule has 1 aliphatic carbocycles. The third kappa shape index (κ3) is 3.28. The molecule has 2 nitrogen and oxygen atoms in total. The van der Waals surface area contributed by atoms with Crippen molar-refractivity contribution in [2.24, 2.45) is 0 Å². The Morgan fingerprint density at radius 2 is 1.90 bits per heavy atom. The Labute approximate surface area is 128 Å². The van der Waals surface area contributed by atoms with Crippen LogP contribution < -0.4 is 5.32 Å². The summed E-state index contributed by atoms with van der Waals surface area (Å²) < 4.78 is 1.25. The van der Waals surface area contributed by atoms with Crippen molar-refractivity contribution in [1.82, 2.24) is 10.3 Å². The highest BCUT2D eigenvalue weighted by Gasteiger charge is 2.30. The van der Waals surface area contributed by atoms with Crippen LogP contribution in [0.4, 0.5) is 0 Å². The number of aromatic nitrogens is 1. The van der Waals surface area contributed by atoms with Crippen molar-refractivity contribution in [2.75, 3.05) is 6.54 Å². The Morgan fingerprint density at radius 1 is 1.10 bits per heavy atom. The van der Waals surface area contributed by atoms with Gasteiger partial charge in [0.15, 0.2) is 0 Å². The summed E-state index contributed by atoms with van der Waals surface area (Å²) in [5, 5.41) is 3.63. The molecule has 0 bridgehead atoms. The number of rotatable bonds is 5. The molecule has 3 heteroatoms. The monoisotopic (exact) mass is 330 g/mol. The van der Waals surface area contributed by atoms with Crippen molar-refractivity contribution in [3.63, 3.8) is 0 Å². The van der Waals surface area contributed by atoms with E-state index >= 15 is 0 Å². The number of halogens is 1. The third-order valence-electron chi connectivity index (χ3n) is 4.02. The van der Waals surface area contributed by atoms with Crippen molar-refractivity contribution >= 4 is 15.9 Å².